The van der Waals surface area contributed by atoms with Crippen LogP contribution in [0.5, 0.6) is 5.75 Å². The molecule has 0 radical (unpaired) electrons. The normalized spacial score (nSPS) is 14.2. The number of carbonyl (C=O) groups excluding carboxylic acids is 2. The molecule has 8 nitrogen and oxygen atoms in total. The zero-order valence-corrected chi connectivity index (χ0v) is 19.6. The van der Waals surface area contributed by atoms with E-state index in [0.717, 1.165) is 5.69 Å². The average Bonchev–Trinajstić information content (AvgIpc) is 3.02. The van der Waals surface area contributed by atoms with Gasteiger partial charge in [-0.2, -0.15) is 5.10 Å². The fourth-order valence-corrected chi connectivity index (χ4v) is 3.86. The maximum Gasteiger partial charge on any atom is 0.273 e. The molecule has 31 heavy (non-hydrogen) atoms. The number of piperazine rings is 1. The Morgan fingerprint density at radius 1 is 1.19 bits per heavy atom. The van der Waals surface area contributed by atoms with E-state index in [1.165, 1.54) is 4.68 Å². The molecule has 1 N–H and O–H groups in total. The zero-order chi connectivity index (χ0) is 22.7. The number of ether oxygens (including phenoxy) is 1. The molecule has 1 aliphatic heterocycles. The van der Waals surface area contributed by atoms with Crippen LogP contribution in [0.3, 0.4) is 0 Å². The summed E-state index contributed by atoms with van der Waals surface area (Å²) in [6, 6.07) is 5.62. The van der Waals surface area contributed by atoms with E-state index in [1.54, 1.807) is 18.9 Å². The van der Waals surface area contributed by atoms with E-state index >= 15 is 0 Å². The highest BCUT2D eigenvalue weighted by atomic mass is 35.5. The molecule has 0 aliphatic carbocycles. The second-order valence-electron chi connectivity index (χ2n) is 7.72. The van der Waals surface area contributed by atoms with Crippen LogP contribution in [0, 0.1) is 6.92 Å². The molecular formula is C21H27Cl2N5O3. The highest BCUT2D eigenvalue weighted by Gasteiger charge is 2.25. The van der Waals surface area contributed by atoms with Gasteiger partial charge >= 0.3 is 0 Å². The third-order valence-corrected chi connectivity index (χ3v) is 5.95. The first-order chi connectivity index (χ1) is 14.7. The fraction of sp³-hybridized carbons (Fsp3) is 0.476. The number of amides is 2. The van der Waals surface area contributed by atoms with Gasteiger partial charge in [0.25, 0.3) is 5.91 Å². The van der Waals surface area contributed by atoms with E-state index in [1.807, 2.05) is 32.0 Å². The number of hydrogen-bond donors (Lipinski definition) is 1. The van der Waals surface area contributed by atoms with Gasteiger partial charge in [-0.05, 0) is 32.9 Å². The maximum absolute atomic E-state index is 12.8. The molecule has 1 fully saturated rings. The smallest absolute Gasteiger partial charge is 0.273 e. The summed E-state index contributed by atoms with van der Waals surface area (Å²) >= 11 is 12.4. The van der Waals surface area contributed by atoms with Crippen LogP contribution in [-0.4, -0.2) is 65.8 Å². The van der Waals surface area contributed by atoms with Crippen molar-refractivity contribution in [1.29, 1.82) is 0 Å². The molecule has 1 aromatic heterocycles. The molecule has 168 valence electrons. The van der Waals surface area contributed by atoms with Crippen molar-refractivity contribution in [2.45, 2.75) is 33.4 Å². The van der Waals surface area contributed by atoms with Crippen molar-refractivity contribution in [3.63, 3.8) is 0 Å². The lowest BCUT2D eigenvalue weighted by atomic mass is 10.2. The summed E-state index contributed by atoms with van der Waals surface area (Å²) in [6.07, 6.45) is 0. The van der Waals surface area contributed by atoms with E-state index in [4.69, 9.17) is 27.9 Å². The Kier molecular flexibility index (Phi) is 7.33. The number of nitrogens with zero attached hydrogens (tertiary/aromatic N) is 4. The van der Waals surface area contributed by atoms with Crippen LogP contribution < -0.4 is 15.0 Å². The first kappa shape index (κ1) is 23.2. The molecule has 0 bridgehead atoms. The number of halogens is 2. The van der Waals surface area contributed by atoms with Gasteiger partial charge in [0.2, 0.25) is 5.91 Å². The Hall–Kier alpha value is -2.45. The molecule has 1 aliphatic rings. The Bertz CT molecular complexity index is 968. The second-order valence-corrected chi connectivity index (χ2v) is 8.51. The van der Waals surface area contributed by atoms with E-state index in [-0.39, 0.29) is 35.1 Å². The number of methoxy groups -OCH3 is 1. The summed E-state index contributed by atoms with van der Waals surface area (Å²) in [5.41, 5.74) is 1.74. The Morgan fingerprint density at radius 2 is 1.87 bits per heavy atom. The number of nitrogens with one attached hydrogen (secondary N) is 1. The minimum Gasteiger partial charge on any atom is -0.495 e. The third-order valence-electron chi connectivity index (χ3n) is 5.19. The lowest BCUT2D eigenvalue weighted by Crippen LogP contribution is -2.49. The van der Waals surface area contributed by atoms with Crippen molar-refractivity contribution in [2.24, 2.45) is 0 Å². The molecule has 0 atom stereocenters. The highest BCUT2D eigenvalue weighted by Crippen LogP contribution is 2.30. The molecule has 0 saturated carbocycles. The first-order valence-electron chi connectivity index (χ1n) is 10.1. The Balaban J connectivity index is 1.62. The van der Waals surface area contributed by atoms with Gasteiger partial charge in [0.1, 0.15) is 12.3 Å². The Labute approximate surface area is 192 Å². The van der Waals surface area contributed by atoms with Crippen molar-refractivity contribution in [3.05, 3.63) is 39.6 Å². The molecule has 3 rings (SSSR count). The lowest BCUT2D eigenvalue weighted by molar-refractivity contribution is -0.132. The molecule has 2 amide bonds. The molecule has 1 aromatic carbocycles. The van der Waals surface area contributed by atoms with Gasteiger partial charge in [0, 0.05) is 44.0 Å². The van der Waals surface area contributed by atoms with Gasteiger partial charge in [-0.15, -0.1) is 0 Å². The molecule has 2 heterocycles. The van der Waals surface area contributed by atoms with Crippen LogP contribution in [0.25, 0.3) is 0 Å². The van der Waals surface area contributed by atoms with Crippen LogP contribution >= 0.6 is 23.2 Å². The van der Waals surface area contributed by atoms with Crippen LogP contribution in [-0.2, 0) is 11.3 Å². The number of hydrogen-bond acceptors (Lipinski definition) is 5. The van der Waals surface area contributed by atoms with Crippen LogP contribution in [0.15, 0.2) is 18.2 Å². The molecular weight excluding hydrogens is 441 g/mol. The summed E-state index contributed by atoms with van der Waals surface area (Å²) < 4.78 is 6.79. The van der Waals surface area contributed by atoms with Gasteiger partial charge in [-0.1, -0.05) is 23.2 Å². The highest BCUT2D eigenvalue weighted by molar-refractivity contribution is 6.34. The van der Waals surface area contributed by atoms with E-state index in [9.17, 15) is 9.59 Å². The zero-order valence-electron chi connectivity index (χ0n) is 18.1. The fourth-order valence-electron chi connectivity index (χ4n) is 3.44. The average molecular weight is 468 g/mol. The van der Waals surface area contributed by atoms with Crippen molar-refractivity contribution >= 4 is 40.7 Å². The summed E-state index contributed by atoms with van der Waals surface area (Å²) in [4.78, 5) is 29.1. The summed E-state index contributed by atoms with van der Waals surface area (Å²) in [5.74, 6) is 0.216. The molecule has 1 saturated heterocycles. The minimum absolute atomic E-state index is 0.0347. The largest absolute Gasteiger partial charge is 0.495 e. The molecule has 2 aromatic rings. The number of rotatable bonds is 6. The van der Waals surface area contributed by atoms with Crippen molar-refractivity contribution in [1.82, 2.24) is 20.0 Å². The standard InChI is InChI=1S/C21H27Cl2N5O3/c1-13(2)24-21(30)20-19(23)14(3)28(25-20)12-18(29)27-9-7-26(8-10-27)15-5-6-16(22)17(11-15)31-4/h5-6,11,13H,7-10,12H2,1-4H3,(H,24,30). The van der Waals surface area contributed by atoms with Crippen molar-refractivity contribution in [2.75, 3.05) is 38.2 Å². The predicted molar refractivity (Wildman–Crippen MR) is 121 cm³/mol. The van der Waals surface area contributed by atoms with E-state index < -0.39 is 0 Å². The second kappa shape index (κ2) is 9.78. The lowest BCUT2D eigenvalue weighted by Gasteiger charge is -2.36. The predicted octanol–water partition coefficient (Wildman–Crippen LogP) is 2.99. The van der Waals surface area contributed by atoms with E-state index in [2.05, 4.69) is 15.3 Å². The summed E-state index contributed by atoms with van der Waals surface area (Å²) in [6.45, 7) is 8.06. The molecule has 0 unspecified atom stereocenters. The van der Waals surface area contributed by atoms with Gasteiger partial charge in [-0.25, -0.2) is 0 Å². The van der Waals surface area contributed by atoms with Gasteiger partial charge in [-0.3, -0.25) is 14.3 Å². The maximum atomic E-state index is 12.8. The number of carbonyl (C=O) groups is 2. The van der Waals surface area contributed by atoms with Crippen LogP contribution in [0.1, 0.15) is 30.0 Å². The summed E-state index contributed by atoms with van der Waals surface area (Å²) in [7, 11) is 1.59. The first-order valence-corrected chi connectivity index (χ1v) is 10.9. The number of anilines is 1. The van der Waals surface area contributed by atoms with Crippen molar-refractivity contribution in [3.8, 4) is 5.75 Å². The van der Waals surface area contributed by atoms with Gasteiger partial charge < -0.3 is 19.9 Å². The van der Waals surface area contributed by atoms with E-state index in [0.29, 0.717) is 42.6 Å². The number of aromatic nitrogens is 2. The molecule has 10 heteroatoms. The van der Waals surface area contributed by atoms with Crippen LogP contribution in [0.2, 0.25) is 10.0 Å². The Morgan fingerprint density at radius 3 is 2.48 bits per heavy atom. The number of benzene rings is 1. The minimum atomic E-state index is -0.346. The third kappa shape index (κ3) is 5.25. The van der Waals surface area contributed by atoms with Crippen molar-refractivity contribution < 1.29 is 14.3 Å². The molecule has 0 spiro atoms. The van der Waals surface area contributed by atoms with Crippen LogP contribution in [0.4, 0.5) is 5.69 Å². The monoisotopic (exact) mass is 467 g/mol. The topological polar surface area (TPSA) is 79.7 Å². The van der Waals surface area contributed by atoms with Gasteiger partial charge in [0.15, 0.2) is 5.69 Å². The van der Waals surface area contributed by atoms with Gasteiger partial charge in [0.05, 0.1) is 22.8 Å². The SMILES string of the molecule is COc1cc(N2CCN(C(=O)Cn3nc(C(=O)NC(C)C)c(Cl)c3C)CC2)ccc1Cl. The summed E-state index contributed by atoms with van der Waals surface area (Å²) in [5, 5.41) is 7.88. The quantitative estimate of drug-likeness (QED) is 0.705.